The molecule has 5 aliphatic rings. The van der Waals surface area contributed by atoms with E-state index < -0.39 is 11.2 Å². The molecule has 6 N–H and O–H groups in total. The van der Waals surface area contributed by atoms with Gasteiger partial charge in [-0.25, -0.2) is 0 Å². The van der Waals surface area contributed by atoms with E-state index >= 15 is 0 Å². The van der Waals surface area contributed by atoms with E-state index in [9.17, 15) is 10.2 Å². The molecule has 196 valence electrons. The van der Waals surface area contributed by atoms with Crippen LogP contribution in [-0.2, 0) is 6.42 Å². The quantitative estimate of drug-likeness (QED) is 0.190. The van der Waals surface area contributed by atoms with Crippen LogP contribution >= 0.6 is 0 Å². The highest BCUT2D eigenvalue weighted by molar-refractivity contribution is 5.80. The van der Waals surface area contributed by atoms with Gasteiger partial charge in [0.05, 0.1) is 17.2 Å². The van der Waals surface area contributed by atoms with Gasteiger partial charge in [-0.15, -0.1) is 5.92 Å². The van der Waals surface area contributed by atoms with Gasteiger partial charge >= 0.3 is 0 Å². The zero-order valence-corrected chi connectivity index (χ0v) is 22.1. The SMILES string of the molecule is C=C(Cc1cc2ccccc2[nH]1)C12CC#CC(NC(N)=NC)CC3(O)CCC4C3C1CCC(C2)C4(C)O. The van der Waals surface area contributed by atoms with E-state index in [2.05, 4.69) is 57.5 Å². The van der Waals surface area contributed by atoms with Gasteiger partial charge in [0.25, 0.3) is 0 Å². The molecule has 6 heteroatoms. The molecule has 0 saturated heterocycles. The molecule has 7 rings (SSSR count). The lowest BCUT2D eigenvalue weighted by Crippen LogP contribution is -2.51. The van der Waals surface area contributed by atoms with E-state index in [-0.39, 0.29) is 35.1 Å². The number of nitrogens with zero attached hydrogens (tertiary/aromatic N) is 1. The third-order valence-electron chi connectivity index (χ3n) is 10.6. The molecule has 5 aliphatic carbocycles. The predicted octanol–water partition coefficient (Wildman–Crippen LogP) is 3.89. The van der Waals surface area contributed by atoms with Gasteiger partial charge in [0.15, 0.2) is 5.96 Å². The van der Waals surface area contributed by atoms with E-state index in [0.717, 1.165) is 43.3 Å². The summed E-state index contributed by atoms with van der Waals surface area (Å²) in [5.74, 6) is 7.74. The normalized spacial score (nSPS) is 40.8. The number of aliphatic imine (C=N–C) groups is 1. The van der Waals surface area contributed by atoms with Crippen molar-refractivity contribution in [1.82, 2.24) is 10.3 Å². The third kappa shape index (κ3) is 3.82. The summed E-state index contributed by atoms with van der Waals surface area (Å²) < 4.78 is 0. The lowest BCUT2D eigenvalue weighted by Gasteiger charge is -2.50. The maximum atomic E-state index is 12.3. The van der Waals surface area contributed by atoms with Gasteiger partial charge in [-0.1, -0.05) is 36.3 Å². The number of hydrogen-bond donors (Lipinski definition) is 5. The Hall–Kier alpha value is -2.75. The second-order valence-electron chi connectivity index (χ2n) is 12.4. The van der Waals surface area contributed by atoms with Crippen LogP contribution < -0.4 is 11.1 Å². The molecule has 8 unspecified atom stereocenters. The van der Waals surface area contributed by atoms with Gasteiger partial charge in [0.1, 0.15) is 0 Å². The number of fused-ring (bicyclic) bond motifs is 2. The first-order valence-corrected chi connectivity index (χ1v) is 13.8. The summed E-state index contributed by atoms with van der Waals surface area (Å²) >= 11 is 0. The number of nitrogens with two attached hydrogens (primary N) is 1. The fourth-order valence-corrected chi connectivity index (χ4v) is 8.79. The number of benzene rings is 1. The minimum absolute atomic E-state index is 0.0137. The molecule has 1 aromatic carbocycles. The van der Waals surface area contributed by atoms with Crippen molar-refractivity contribution in [3.05, 3.63) is 48.2 Å². The van der Waals surface area contributed by atoms with E-state index in [1.165, 1.54) is 11.0 Å². The van der Waals surface area contributed by atoms with Crippen molar-refractivity contribution in [1.29, 1.82) is 0 Å². The number of hydrogen-bond acceptors (Lipinski definition) is 3. The first kappa shape index (κ1) is 24.6. The zero-order chi connectivity index (χ0) is 26.0. The lowest BCUT2D eigenvalue weighted by molar-refractivity contribution is -0.0887. The Balaban J connectivity index is 1.45. The fourth-order valence-electron chi connectivity index (χ4n) is 8.79. The molecule has 1 aromatic heterocycles. The second-order valence-corrected chi connectivity index (χ2v) is 12.4. The summed E-state index contributed by atoms with van der Waals surface area (Å²) in [7, 11) is 1.65. The van der Waals surface area contributed by atoms with Gasteiger partial charge in [-0.05, 0) is 80.2 Å². The minimum atomic E-state index is -0.921. The smallest absolute Gasteiger partial charge is 0.189 e. The number of aromatic amines is 1. The largest absolute Gasteiger partial charge is 0.390 e. The van der Waals surface area contributed by atoms with E-state index in [0.29, 0.717) is 25.2 Å². The van der Waals surface area contributed by atoms with Crippen LogP contribution in [0.2, 0.25) is 0 Å². The highest BCUT2D eigenvalue weighted by atomic mass is 16.3. The molecule has 0 amide bonds. The van der Waals surface area contributed by atoms with E-state index in [1.807, 2.05) is 6.92 Å². The summed E-state index contributed by atoms with van der Waals surface area (Å²) in [5.41, 5.74) is 7.51. The van der Waals surface area contributed by atoms with Gasteiger partial charge in [0, 0.05) is 42.9 Å². The Labute approximate surface area is 219 Å². The van der Waals surface area contributed by atoms with Crippen molar-refractivity contribution in [2.24, 2.45) is 39.8 Å². The van der Waals surface area contributed by atoms with Crippen LogP contribution in [0.4, 0.5) is 0 Å². The number of nitrogens with one attached hydrogen (secondary N) is 2. The van der Waals surface area contributed by atoms with Gasteiger partial charge in [-0.3, -0.25) is 4.99 Å². The molecule has 4 fully saturated rings. The van der Waals surface area contributed by atoms with Crippen molar-refractivity contribution < 1.29 is 10.2 Å². The molecule has 6 nitrogen and oxygen atoms in total. The first-order chi connectivity index (χ1) is 17.7. The van der Waals surface area contributed by atoms with Crippen LogP contribution in [0.25, 0.3) is 10.9 Å². The van der Waals surface area contributed by atoms with Crippen molar-refractivity contribution in [3.8, 4) is 11.8 Å². The molecule has 8 atom stereocenters. The second kappa shape index (κ2) is 8.64. The Morgan fingerprint density at radius 2 is 2.03 bits per heavy atom. The first-order valence-electron chi connectivity index (χ1n) is 13.8. The average molecular weight is 501 g/mol. The van der Waals surface area contributed by atoms with Crippen LogP contribution in [0, 0.1) is 40.9 Å². The summed E-state index contributed by atoms with van der Waals surface area (Å²) in [6, 6.07) is 10.3. The molecule has 37 heavy (non-hydrogen) atoms. The molecule has 4 saturated carbocycles. The van der Waals surface area contributed by atoms with Crippen molar-refractivity contribution in [3.63, 3.8) is 0 Å². The number of para-hydroxylation sites is 1. The third-order valence-corrected chi connectivity index (χ3v) is 10.6. The van der Waals surface area contributed by atoms with Gasteiger partial charge < -0.3 is 26.2 Å². The predicted molar refractivity (Wildman–Crippen MR) is 148 cm³/mol. The van der Waals surface area contributed by atoms with Crippen LogP contribution in [-0.4, -0.2) is 45.4 Å². The van der Waals surface area contributed by atoms with E-state index in [4.69, 9.17) is 12.3 Å². The Bertz CT molecular complexity index is 1280. The van der Waals surface area contributed by atoms with Crippen molar-refractivity contribution in [2.45, 2.75) is 75.5 Å². The number of H-pyrrole nitrogens is 1. The standard InChI is InChI=1S/C31H40N4O2/c1-19(15-23-16-20-7-4-5-9-26(20)34-23)30-13-6-8-22(35-28(32)33-3)18-31(37)14-12-24-27(31)25(30)11-10-21(17-30)29(24,2)36/h4-5,7,9,16,21-22,24-25,27,34,36-37H,1,10-15,17-18H2,2-3H3,(H3,32,33,35). The topological polar surface area (TPSA) is 107 Å². The van der Waals surface area contributed by atoms with Crippen LogP contribution in [0.3, 0.4) is 0 Å². The lowest BCUT2D eigenvalue weighted by atomic mass is 9.54. The Kier molecular flexibility index (Phi) is 5.74. The number of aliphatic hydroxyl groups is 2. The molecule has 2 aromatic rings. The minimum Gasteiger partial charge on any atom is -0.390 e. The molecule has 4 bridgehead atoms. The maximum Gasteiger partial charge on any atom is 0.189 e. The highest BCUT2D eigenvalue weighted by Gasteiger charge is 2.66. The van der Waals surface area contributed by atoms with Crippen LogP contribution in [0.1, 0.15) is 57.6 Å². The Morgan fingerprint density at radius 1 is 1.22 bits per heavy atom. The molecular formula is C31H40N4O2. The van der Waals surface area contributed by atoms with Crippen LogP contribution in [0.15, 0.2) is 47.5 Å². The van der Waals surface area contributed by atoms with E-state index in [1.54, 1.807) is 7.05 Å². The summed E-state index contributed by atoms with van der Waals surface area (Å²) in [5, 5.41) is 28.8. The molecule has 1 heterocycles. The average Bonchev–Trinajstić information content (AvgIpc) is 3.39. The molecule has 0 aliphatic heterocycles. The van der Waals surface area contributed by atoms with Gasteiger partial charge in [0.2, 0.25) is 0 Å². The number of guanidine groups is 1. The summed E-state index contributed by atoms with van der Waals surface area (Å²) in [4.78, 5) is 7.66. The summed E-state index contributed by atoms with van der Waals surface area (Å²) in [6.07, 6.45) is 6.29. The summed E-state index contributed by atoms with van der Waals surface area (Å²) in [6.45, 7) is 6.77. The van der Waals surface area contributed by atoms with Crippen molar-refractivity contribution >= 4 is 16.9 Å². The monoisotopic (exact) mass is 500 g/mol. The fraction of sp³-hybridized carbons (Fsp3) is 0.581. The molecular weight excluding hydrogens is 460 g/mol. The van der Waals surface area contributed by atoms with Crippen LogP contribution in [0.5, 0.6) is 0 Å². The molecule has 0 spiro atoms. The van der Waals surface area contributed by atoms with Crippen molar-refractivity contribution in [2.75, 3.05) is 7.05 Å². The van der Waals surface area contributed by atoms with Gasteiger partial charge in [-0.2, -0.15) is 0 Å². The number of allylic oxidation sites excluding steroid dienone is 1. The highest BCUT2D eigenvalue weighted by Crippen LogP contribution is 2.67. The number of rotatable bonds is 4. The maximum absolute atomic E-state index is 12.3. The molecule has 0 radical (unpaired) electrons. The number of aromatic nitrogens is 1. The zero-order valence-electron chi connectivity index (χ0n) is 22.1. The Morgan fingerprint density at radius 3 is 2.81 bits per heavy atom.